The summed E-state index contributed by atoms with van der Waals surface area (Å²) in [6.45, 7) is 2.81. The predicted molar refractivity (Wildman–Crippen MR) is 75.2 cm³/mol. The van der Waals surface area contributed by atoms with E-state index < -0.39 is 0 Å². The minimum absolute atomic E-state index is 0.0149. The maximum atomic E-state index is 11.9. The molecule has 1 saturated heterocycles. The van der Waals surface area contributed by atoms with E-state index >= 15 is 0 Å². The second kappa shape index (κ2) is 5.98. The van der Waals surface area contributed by atoms with Gasteiger partial charge in [-0.25, -0.2) is 0 Å². The fraction of sp³-hybridized carbons (Fsp3) is 0.417. The summed E-state index contributed by atoms with van der Waals surface area (Å²) in [5.41, 5.74) is 0.678. The highest BCUT2D eigenvalue weighted by molar-refractivity contribution is 9.11. The third-order valence-corrected chi connectivity index (χ3v) is 3.75. The number of halogens is 2. The molecule has 1 unspecified atom stereocenters. The zero-order chi connectivity index (χ0) is 12.3. The molecule has 0 radical (unpaired) electrons. The van der Waals surface area contributed by atoms with Crippen molar-refractivity contribution in [1.82, 2.24) is 10.6 Å². The summed E-state index contributed by atoms with van der Waals surface area (Å²) in [7, 11) is 0. The van der Waals surface area contributed by atoms with Crippen LogP contribution in [0.25, 0.3) is 0 Å². The van der Waals surface area contributed by atoms with Gasteiger partial charge >= 0.3 is 0 Å². The molecule has 0 saturated carbocycles. The first-order valence-corrected chi connectivity index (χ1v) is 7.19. The van der Waals surface area contributed by atoms with Crippen molar-refractivity contribution in [1.29, 1.82) is 0 Å². The van der Waals surface area contributed by atoms with Gasteiger partial charge in [0, 0.05) is 21.1 Å². The molecule has 3 nitrogen and oxygen atoms in total. The van der Waals surface area contributed by atoms with E-state index in [0.29, 0.717) is 11.5 Å². The topological polar surface area (TPSA) is 41.1 Å². The zero-order valence-electron chi connectivity index (χ0n) is 9.30. The van der Waals surface area contributed by atoms with Gasteiger partial charge in [0.05, 0.1) is 0 Å². The first-order chi connectivity index (χ1) is 8.15. The SMILES string of the molecule is O=C(NCC1CCNC1)c1cc(Br)cc(Br)c1. The summed E-state index contributed by atoms with van der Waals surface area (Å²) in [5, 5.41) is 6.26. The van der Waals surface area contributed by atoms with Crippen LogP contribution in [0.4, 0.5) is 0 Å². The molecule has 1 heterocycles. The van der Waals surface area contributed by atoms with Crippen molar-refractivity contribution in [2.45, 2.75) is 6.42 Å². The summed E-state index contributed by atoms with van der Waals surface area (Å²) in [6, 6.07) is 5.57. The van der Waals surface area contributed by atoms with E-state index in [-0.39, 0.29) is 5.91 Å². The highest BCUT2D eigenvalue weighted by Crippen LogP contribution is 2.20. The normalized spacial score (nSPS) is 19.3. The molecule has 2 rings (SSSR count). The van der Waals surface area contributed by atoms with Crippen LogP contribution in [0.2, 0.25) is 0 Å². The molecular formula is C12H14Br2N2O. The van der Waals surface area contributed by atoms with E-state index in [1.54, 1.807) is 0 Å². The number of hydrogen-bond donors (Lipinski definition) is 2. The number of benzene rings is 1. The van der Waals surface area contributed by atoms with Gasteiger partial charge in [0.15, 0.2) is 0 Å². The molecule has 0 bridgehead atoms. The summed E-state index contributed by atoms with van der Waals surface area (Å²) >= 11 is 6.76. The van der Waals surface area contributed by atoms with Crippen LogP contribution in [0.5, 0.6) is 0 Å². The molecule has 17 heavy (non-hydrogen) atoms. The van der Waals surface area contributed by atoms with Crippen LogP contribution in [0.15, 0.2) is 27.1 Å². The second-order valence-electron chi connectivity index (χ2n) is 4.23. The number of rotatable bonds is 3. The van der Waals surface area contributed by atoms with E-state index in [9.17, 15) is 4.79 Å². The first-order valence-electron chi connectivity index (χ1n) is 5.60. The summed E-state index contributed by atoms with van der Waals surface area (Å²) in [5.74, 6) is 0.549. The molecule has 1 aliphatic heterocycles. The molecule has 1 aromatic rings. The summed E-state index contributed by atoms with van der Waals surface area (Å²) < 4.78 is 1.80. The van der Waals surface area contributed by atoms with Crippen LogP contribution < -0.4 is 10.6 Å². The highest BCUT2D eigenvalue weighted by atomic mass is 79.9. The number of amides is 1. The van der Waals surface area contributed by atoms with E-state index in [2.05, 4.69) is 42.5 Å². The highest BCUT2D eigenvalue weighted by Gasteiger charge is 2.15. The van der Waals surface area contributed by atoms with Gasteiger partial charge in [0.1, 0.15) is 0 Å². The van der Waals surface area contributed by atoms with Gasteiger partial charge in [-0.3, -0.25) is 4.79 Å². The molecule has 1 atom stereocenters. The average molecular weight is 362 g/mol. The lowest BCUT2D eigenvalue weighted by Gasteiger charge is -2.10. The van der Waals surface area contributed by atoms with Crippen molar-refractivity contribution in [2.75, 3.05) is 19.6 Å². The lowest BCUT2D eigenvalue weighted by Crippen LogP contribution is -2.30. The Labute approximate surface area is 118 Å². The van der Waals surface area contributed by atoms with Crippen molar-refractivity contribution in [3.05, 3.63) is 32.7 Å². The minimum Gasteiger partial charge on any atom is -0.352 e. The molecule has 0 aliphatic carbocycles. The van der Waals surface area contributed by atoms with Crippen LogP contribution in [-0.2, 0) is 0 Å². The molecule has 1 aromatic carbocycles. The lowest BCUT2D eigenvalue weighted by atomic mass is 10.1. The van der Waals surface area contributed by atoms with Gasteiger partial charge in [-0.15, -0.1) is 0 Å². The Bertz CT molecular complexity index is 397. The van der Waals surface area contributed by atoms with Crippen molar-refractivity contribution in [3.63, 3.8) is 0 Å². The standard InChI is InChI=1S/C12H14Br2N2O/c13-10-3-9(4-11(14)5-10)12(17)16-7-8-1-2-15-6-8/h3-5,8,15H,1-2,6-7H2,(H,16,17). The molecule has 5 heteroatoms. The van der Waals surface area contributed by atoms with Gasteiger partial charge in [-0.05, 0) is 43.6 Å². The van der Waals surface area contributed by atoms with Gasteiger partial charge in [0.2, 0.25) is 0 Å². The van der Waals surface area contributed by atoms with E-state index in [1.165, 1.54) is 0 Å². The molecule has 2 N–H and O–H groups in total. The Balaban J connectivity index is 1.94. The second-order valence-corrected chi connectivity index (χ2v) is 6.06. The van der Waals surface area contributed by atoms with E-state index in [0.717, 1.165) is 35.0 Å². The van der Waals surface area contributed by atoms with E-state index in [4.69, 9.17) is 0 Å². The van der Waals surface area contributed by atoms with Gasteiger partial charge in [-0.2, -0.15) is 0 Å². The number of nitrogens with one attached hydrogen (secondary N) is 2. The van der Waals surface area contributed by atoms with Crippen molar-refractivity contribution in [2.24, 2.45) is 5.92 Å². The minimum atomic E-state index is -0.0149. The average Bonchev–Trinajstić information content (AvgIpc) is 2.77. The fourth-order valence-electron chi connectivity index (χ4n) is 1.91. The fourth-order valence-corrected chi connectivity index (χ4v) is 3.21. The van der Waals surface area contributed by atoms with Gasteiger partial charge in [-0.1, -0.05) is 31.9 Å². The Hall–Kier alpha value is -0.390. The van der Waals surface area contributed by atoms with Crippen molar-refractivity contribution >= 4 is 37.8 Å². The predicted octanol–water partition coefficient (Wildman–Crippen LogP) is 2.55. The quantitative estimate of drug-likeness (QED) is 0.868. The Morgan fingerprint density at radius 1 is 1.35 bits per heavy atom. The lowest BCUT2D eigenvalue weighted by molar-refractivity contribution is 0.0948. The van der Waals surface area contributed by atoms with Crippen LogP contribution in [0, 0.1) is 5.92 Å². The van der Waals surface area contributed by atoms with E-state index in [1.807, 2.05) is 18.2 Å². The largest absolute Gasteiger partial charge is 0.352 e. The maximum absolute atomic E-state index is 11.9. The van der Waals surface area contributed by atoms with Crippen molar-refractivity contribution in [3.8, 4) is 0 Å². The third kappa shape index (κ3) is 3.79. The summed E-state index contributed by atoms with van der Waals surface area (Å²) in [4.78, 5) is 11.9. The Morgan fingerprint density at radius 3 is 2.65 bits per heavy atom. The molecular weight excluding hydrogens is 348 g/mol. The molecule has 0 spiro atoms. The van der Waals surface area contributed by atoms with Crippen LogP contribution in [0.3, 0.4) is 0 Å². The number of hydrogen-bond acceptors (Lipinski definition) is 2. The van der Waals surface area contributed by atoms with Crippen LogP contribution >= 0.6 is 31.9 Å². The number of carbonyl (C=O) groups excluding carboxylic acids is 1. The maximum Gasteiger partial charge on any atom is 0.251 e. The molecule has 92 valence electrons. The summed E-state index contributed by atoms with van der Waals surface area (Å²) in [6.07, 6.45) is 1.14. The van der Waals surface area contributed by atoms with Crippen LogP contribution in [0.1, 0.15) is 16.8 Å². The molecule has 0 aromatic heterocycles. The smallest absolute Gasteiger partial charge is 0.251 e. The monoisotopic (exact) mass is 360 g/mol. The zero-order valence-corrected chi connectivity index (χ0v) is 12.5. The Kier molecular flexibility index (Phi) is 4.59. The van der Waals surface area contributed by atoms with Crippen molar-refractivity contribution < 1.29 is 4.79 Å². The van der Waals surface area contributed by atoms with Gasteiger partial charge < -0.3 is 10.6 Å². The third-order valence-electron chi connectivity index (χ3n) is 2.84. The molecule has 1 fully saturated rings. The first kappa shape index (κ1) is 13.1. The number of carbonyl (C=O) groups is 1. The Morgan fingerprint density at radius 2 is 2.06 bits per heavy atom. The molecule has 1 aliphatic rings. The molecule has 1 amide bonds. The van der Waals surface area contributed by atoms with Gasteiger partial charge in [0.25, 0.3) is 5.91 Å². The van der Waals surface area contributed by atoms with Crippen LogP contribution in [-0.4, -0.2) is 25.5 Å².